The van der Waals surface area contributed by atoms with Crippen molar-refractivity contribution in [1.29, 1.82) is 5.26 Å². The highest BCUT2D eigenvalue weighted by Crippen LogP contribution is 2.35. The molecule has 2 aromatic heterocycles. The number of anilines is 1. The molecule has 0 amide bonds. The highest BCUT2D eigenvalue weighted by molar-refractivity contribution is 7.20. The van der Waals surface area contributed by atoms with E-state index in [4.69, 9.17) is 10.00 Å². The summed E-state index contributed by atoms with van der Waals surface area (Å²) in [5.41, 5.74) is 0.665. The van der Waals surface area contributed by atoms with E-state index in [1.807, 2.05) is 4.90 Å². The van der Waals surface area contributed by atoms with E-state index in [0.717, 1.165) is 16.7 Å². The summed E-state index contributed by atoms with van der Waals surface area (Å²) in [5.74, 6) is -0.289. The van der Waals surface area contributed by atoms with E-state index in [-0.39, 0.29) is 4.88 Å². The lowest BCUT2D eigenvalue weighted by Gasteiger charge is -2.31. The van der Waals surface area contributed by atoms with Gasteiger partial charge in [-0.05, 0) is 12.5 Å². The number of ether oxygens (including phenoxy) is 1. The van der Waals surface area contributed by atoms with E-state index in [2.05, 4.69) is 16.0 Å². The molecular weight excluding hydrogens is 292 g/mol. The third-order valence-electron chi connectivity index (χ3n) is 3.41. The number of fused-ring (bicyclic) bond motifs is 1. The van der Waals surface area contributed by atoms with Gasteiger partial charge in [-0.15, -0.1) is 11.3 Å². The average molecular weight is 304 g/mol. The van der Waals surface area contributed by atoms with Gasteiger partial charge in [0.15, 0.2) is 6.10 Å². The van der Waals surface area contributed by atoms with E-state index in [9.17, 15) is 9.90 Å². The zero-order valence-electron chi connectivity index (χ0n) is 11.2. The summed E-state index contributed by atoms with van der Waals surface area (Å²) in [6, 6.07) is 2.09. The molecule has 0 radical (unpaired) electrons. The van der Waals surface area contributed by atoms with Gasteiger partial charge in [0.1, 0.15) is 21.9 Å². The molecule has 7 nitrogen and oxygen atoms in total. The number of rotatable bonds is 2. The van der Waals surface area contributed by atoms with Crippen LogP contribution in [0.25, 0.3) is 10.2 Å². The molecule has 0 aromatic carbocycles. The number of carbonyl (C=O) groups is 1. The molecule has 0 aliphatic carbocycles. The number of aromatic carboxylic acids is 1. The summed E-state index contributed by atoms with van der Waals surface area (Å²) in [4.78, 5) is 22.6. The second-order valence-corrected chi connectivity index (χ2v) is 5.67. The number of carboxylic acid groups (broad SMARTS) is 1. The van der Waals surface area contributed by atoms with Crippen molar-refractivity contribution in [2.45, 2.75) is 13.0 Å². The van der Waals surface area contributed by atoms with Gasteiger partial charge in [-0.1, -0.05) is 0 Å². The van der Waals surface area contributed by atoms with Gasteiger partial charge >= 0.3 is 5.97 Å². The lowest BCUT2D eigenvalue weighted by Crippen LogP contribution is -2.42. The minimum atomic E-state index is -0.960. The minimum Gasteiger partial charge on any atom is -0.477 e. The number of thiophene rings is 1. The summed E-state index contributed by atoms with van der Waals surface area (Å²) in [5, 5.41) is 19.0. The second kappa shape index (κ2) is 5.27. The van der Waals surface area contributed by atoms with Crippen molar-refractivity contribution >= 4 is 33.3 Å². The number of nitrogens with zero attached hydrogens (tertiary/aromatic N) is 4. The molecule has 1 atom stereocenters. The van der Waals surface area contributed by atoms with Crippen molar-refractivity contribution in [3.8, 4) is 6.07 Å². The largest absolute Gasteiger partial charge is 0.477 e. The van der Waals surface area contributed by atoms with E-state index in [1.54, 1.807) is 6.92 Å². The van der Waals surface area contributed by atoms with Crippen molar-refractivity contribution in [2.75, 3.05) is 24.6 Å². The Morgan fingerprint density at radius 1 is 1.62 bits per heavy atom. The van der Waals surface area contributed by atoms with Gasteiger partial charge in [-0.2, -0.15) is 5.26 Å². The summed E-state index contributed by atoms with van der Waals surface area (Å²) in [6.45, 7) is 3.23. The standard InChI is InChI=1S/C13H12N4O3S/c1-7-9-11(17-2-3-20-8(4-14)5-17)15-6-16-12(9)21-10(7)13(18)19/h6,8H,2-3,5H2,1H3,(H,18,19). The first-order chi connectivity index (χ1) is 10.1. The summed E-state index contributed by atoms with van der Waals surface area (Å²) < 4.78 is 5.33. The number of aryl methyl sites for hydroxylation is 1. The molecule has 3 heterocycles. The minimum absolute atomic E-state index is 0.275. The van der Waals surface area contributed by atoms with Gasteiger partial charge in [0.2, 0.25) is 0 Å². The molecule has 0 bridgehead atoms. The Morgan fingerprint density at radius 3 is 3.14 bits per heavy atom. The third-order valence-corrected chi connectivity index (χ3v) is 4.60. The van der Waals surface area contributed by atoms with Crippen LogP contribution in [-0.2, 0) is 4.74 Å². The van der Waals surface area contributed by atoms with Gasteiger partial charge in [0.05, 0.1) is 24.6 Å². The SMILES string of the molecule is Cc1c(C(=O)O)sc2ncnc(N3CCOC(C#N)C3)c12. The first-order valence-corrected chi connectivity index (χ1v) is 7.17. The van der Waals surface area contributed by atoms with Crippen molar-refractivity contribution in [1.82, 2.24) is 9.97 Å². The van der Waals surface area contributed by atoms with Crippen LogP contribution in [0.2, 0.25) is 0 Å². The number of morpholine rings is 1. The fourth-order valence-electron chi connectivity index (χ4n) is 2.42. The fraction of sp³-hybridized carbons (Fsp3) is 0.385. The average Bonchev–Trinajstić information content (AvgIpc) is 2.85. The summed E-state index contributed by atoms with van der Waals surface area (Å²) >= 11 is 1.14. The van der Waals surface area contributed by atoms with E-state index < -0.39 is 12.1 Å². The first kappa shape index (κ1) is 13.7. The molecule has 2 aromatic rings. The van der Waals surface area contributed by atoms with Crippen LogP contribution >= 0.6 is 11.3 Å². The normalized spacial score (nSPS) is 18.7. The predicted octanol–water partition coefficient (Wildman–Crippen LogP) is 1.43. The molecule has 3 rings (SSSR count). The van der Waals surface area contributed by atoms with Crippen molar-refractivity contribution in [3.05, 3.63) is 16.8 Å². The zero-order chi connectivity index (χ0) is 15.0. The van der Waals surface area contributed by atoms with E-state index in [0.29, 0.717) is 35.9 Å². The first-order valence-electron chi connectivity index (χ1n) is 6.35. The predicted molar refractivity (Wildman–Crippen MR) is 76.7 cm³/mol. The van der Waals surface area contributed by atoms with Crippen LogP contribution in [0.5, 0.6) is 0 Å². The Bertz CT molecular complexity index is 752. The molecule has 1 aliphatic rings. The van der Waals surface area contributed by atoms with Crippen LogP contribution in [0.3, 0.4) is 0 Å². The molecule has 1 aliphatic heterocycles. The number of aromatic nitrogens is 2. The Labute approximate surface area is 124 Å². The maximum absolute atomic E-state index is 11.3. The highest BCUT2D eigenvalue weighted by atomic mass is 32.1. The van der Waals surface area contributed by atoms with Gasteiger partial charge in [-0.25, -0.2) is 14.8 Å². The van der Waals surface area contributed by atoms with Crippen LogP contribution in [-0.4, -0.2) is 46.8 Å². The van der Waals surface area contributed by atoms with Crippen LogP contribution in [0.15, 0.2) is 6.33 Å². The Balaban J connectivity index is 2.10. The molecule has 1 fully saturated rings. The van der Waals surface area contributed by atoms with Crippen LogP contribution in [0.4, 0.5) is 5.82 Å². The Morgan fingerprint density at radius 2 is 2.43 bits per heavy atom. The summed E-state index contributed by atoms with van der Waals surface area (Å²) in [7, 11) is 0. The molecule has 0 spiro atoms. The monoisotopic (exact) mass is 304 g/mol. The number of hydrogen-bond acceptors (Lipinski definition) is 7. The Hall–Kier alpha value is -2.24. The van der Waals surface area contributed by atoms with Crippen molar-refractivity contribution in [3.63, 3.8) is 0 Å². The van der Waals surface area contributed by atoms with Crippen LogP contribution in [0, 0.1) is 18.3 Å². The topological polar surface area (TPSA) is 99.3 Å². The number of hydrogen-bond donors (Lipinski definition) is 1. The third kappa shape index (κ3) is 2.30. The molecule has 1 saturated heterocycles. The zero-order valence-corrected chi connectivity index (χ0v) is 12.1. The molecule has 8 heteroatoms. The van der Waals surface area contributed by atoms with E-state index in [1.165, 1.54) is 6.33 Å². The maximum atomic E-state index is 11.3. The molecule has 0 saturated carbocycles. The van der Waals surface area contributed by atoms with E-state index >= 15 is 0 Å². The molecule has 21 heavy (non-hydrogen) atoms. The van der Waals surface area contributed by atoms with Gasteiger partial charge < -0.3 is 14.7 Å². The van der Waals surface area contributed by atoms with Crippen LogP contribution in [0.1, 0.15) is 15.2 Å². The fourth-order valence-corrected chi connectivity index (χ4v) is 3.40. The molecule has 1 N–H and O–H groups in total. The molecular formula is C13H12N4O3S. The quantitative estimate of drug-likeness (QED) is 0.895. The second-order valence-electron chi connectivity index (χ2n) is 4.67. The van der Waals surface area contributed by atoms with Crippen molar-refractivity contribution < 1.29 is 14.6 Å². The number of carboxylic acids is 1. The lowest BCUT2D eigenvalue weighted by molar-refractivity contribution is 0.0701. The number of nitriles is 1. The van der Waals surface area contributed by atoms with Gasteiger partial charge in [-0.3, -0.25) is 0 Å². The maximum Gasteiger partial charge on any atom is 0.346 e. The summed E-state index contributed by atoms with van der Waals surface area (Å²) in [6.07, 6.45) is 0.928. The lowest BCUT2D eigenvalue weighted by atomic mass is 10.2. The van der Waals surface area contributed by atoms with Crippen LogP contribution < -0.4 is 4.90 Å². The van der Waals surface area contributed by atoms with Crippen molar-refractivity contribution in [2.24, 2.45) is 0 Å². The molecule has 1 unspecified atom stereocenters. The highest BCUT2D eigenvalue weighted by Gasteiger charge is 2.25. The van der Waals surface area contributed by atoms with Gasteiger partial charge in [0, 0.05) is 6.54 Å². The van der Waals surface area contributed by atoms with Gasteiger partial charge in [0.25, 0.3) is 0 Å². The Kier molecular flexibility index (Phi) is 3.45. The molecule has 108 valence electrons. The smallest absolute Gasteiger partial charge is 0.346 e.